The largest absolute Gasteiger partial charge is 0.358 e. The summed E-state index contributed by atoms with van der Waals surface area (Å²) in [6.45, 7) is 2.70. The van der Waals surface area contributed by atoms with Crippen LogP contribution in [0.3, 0.4) is 0 Å². The van der Waals surface area contributed by atoms with Gasteiger partial charge < -0.3 is 4.74 Å². The Morgan fingerprint density at radius 1 is 0.852 bits per heavy atom. The van der Waals surface area contributed by atoms with E-state index in [2.05, 4.69) is 12.0 Å². The third-order valence-corrected chi connectivity index (χ3v) is 7.78. The molecule has 0 aromatic rings. The second kappa shape index (κ2) is 14.8. The van der Waals surface area contributed by atoms with E-state index in [0.717, 1.165) is 12.8 Å². The summed E-state index contributed by atoms with van der Waals surface area (Å²) in [5.41, 5.74) is 0. The van der Waals surface area contributed by atoms with Crippen molar-refractivity contribution in [2.45, 2.75) is 81.2 Å². The van der Waals surface area contributed by atoms with E-state index in [-0.39, 0.29) is 0 Å². The van der Waals surface area contributed by atoms with Crippen molar-refractivity contribution in [3.8, 4) is 0 Å². The van der Waals surface area contributed by atoms with E-state index in [4.69, 9.17) is 39.5 Å². The molecule has 0 aromatic carbocycles. The topological polar surface area (TPSA) is 44.8 Å². The molecule has 0 amide bonds. The van der Waals surface area contributed by atoms with Crippen molar-refractivity contribution in [2.75, 3.05) is 34.8 Å². The van der Waals surface area contributed by atoms with E-state index >= 15 is 0 Å². The number of hydrogen-bond acceptors (Lipinski definition) is 2. The molecule has 0 saturated carbocycles. The third kappa shape index (κ3) is 12.3. The van der Waals surface area contributed by atoms with Crippen molar-refractivity contribution in [3.05, 3.63) is 0 Å². The summed E-state index contributed by atoms with van der Waals surface area (Å²) in [4.78, 5) is 0. The molecule has 0 aliphatic heterocycles. The molecule has 5 nitrogen and oxygen atoms in total. The van der Waals surface area contributed by atoms with Gasteiger partial charge in [-0.1, -0.05) is 99.5 Å². The lowest BCUT2D eigenvalue weighted by atomic mass is 10.1. The maximum Gasteiger partial charge on any atom is 0.285 e. The number of alkyl halides is 3. The third-order valence-electron chi connectivity index (χ3n) is 4.45. The molecule has 0 saturated heterocycles. The minimum atomic E-state index is -3.06. The molecule has 0 aliphatic carbocycles. The molecule has 0 aromatic heterocycles. The van der Waals surface area contributed by atoms with Crippen LogP contribution in [-0.4, -0.2) is 54.2 Å². The number of unbranched alkanes of at least 4 members (excludes halogenated alkanes) is 9. The highest BCUT2D eigenvalue weighted by molar-refractivity contribution is 7.56. The molecular formula is C18H39Cl3N3O2P. The molecule has 0 fully saturated rings. The van der Waals surface area contributed by atoms with Crippen molar-refractivity contribution in [3.63, 3.8) is 0 Å². The fourth-order valence-corrected chi connectivity index (χ4v) is 5.07. The summed E-state index contributed by atoms with van der Waals surface area (Å²) < 4.78 is 20.3. The van der Waals surface area contributed by atoms with E-state index in [1.807, 2.05) is 0 Å². The van der Waals surface area contributed by atoms with E-state index in [0.29, 0.717) is 6.61 Å². The van der Waals surface area contributed by atoms with Gasteiger partial charge in [-0.15, -0.1) is 0 Å². The van der Waals surface area contributed by atoms with Crippen LogP contribution in [0.15, 0.2) is 0 Å². The summed E-state index contributed by atoms with van der Waals surface area (Å²) in [7, 11) is 3.80. The minimum Gasteiger partial charge on any atom is -0.358 e. The molecule has 1 atom stereocenters. The molecule has 164 valence electrons. The molecule has 0 radical (unpaired) electrons. The zero-order valence-corrected chi connectivity index (χ0v) is 20.8. The quantitative estimate of drug-likeness (QED) is 0.123. The van der Waals surface area contributed by atoms with Crippen LogP contribution in [0.4, 0.5) is 0 Å². The lowest BCUT2D eigenvalue weighted by Crippen LogP contribution is -2.45. The molecule has 0 spiro atoms. The molecule has 1 N–H and O–H groups in total. The number of hydrogen-bond donors (Lipinski definition) is 1. The Hall–Kier alpha value is 0.940. The first kappa shape index (κ1) is 27.9. The van der Waals surface area contributed by atoms with Crippen LogP contribution in [0.5, 0.6) is 0 Å². The van der Waals surface area contributed by atoms with Gasteiger partial charge in [0.25, 0.3) is 7.59 Å². The Bertz CT molecular complexity index is 409. The van der Waals surface area contributed by atoms with E-state index in [1.54, 1.807) is 37.5 Å². The molecule has 0 heterocycles. The standard InChI is InChI=1S/C18H39Cl3N3O2P/c1-6-7-8-9-10-11-12-13-14-15-16-26-17(18(19,20)21)22-27(25,23(2)3)24(4)5/h17H,6-16H2,1-5H3,(H,22,25). The Kier molecular flexibility index (Phi) is 15.4. The first-order valence-corrected chi connectivity index (χ1v) is 12.7. The van der Waals surface area contributed by atoms with Crippen LogP contribution in [0.2, 0.25) is 0 Å². The Labute approximate surface area is 181 Å². The van der Waals surface area contributed by atoms with Crippen molar-refractivity contribution < 1.29 is 9.30 Å². The first-order chi connectivity index (χ1) is 12.6. The van der Waals surface area contributed by atoms with Crippen LogP contribution in [0, 0.1) is 0 Å². The monoisotopic (exact) mass is 465 g/mol. The zero-order valence-electron chi connectivity index (χ0n) is 17.6. The van der Waals surface area contributed by atoms with Gasteiger partial charge in [-0.3, -0.25) is 4.57 Å². The second-order valence-corrected chi connectivity index (χ2v) is 12.7. The smallest absolute Gasteiger partial charge is 0.285 e. The fraction of sp³-hybridized carbons (Fsp3) is 1.00. The molecule has 1 unspecified atom stereocenters. The zero-order chi connectivity index (χ0) is 20.9. The average Bonchev–Trinajstić information content (AvgIpc) is 2.57. The van der Waals surface area contributed by atoms with Gasteiger partial charge >= 0.3 is 0 Å². The highest BCUT2D eigenvalue weighted by Crippen LogP contribution is 2.48. The summed E-state index contributed by atoms with van der Waals surface area (Å²) in [6.07, 6.45) is 11.5. The van der Waals surface area contributed by atoms with E-state index in [9.17, 15) is 4.57 Å². The van der Waals surface area contributed by atoms with Gasteiger partial charge in [0, 0.05) is 6.61 Å². The number of nitrogens with zero attached hydrogens (tertiary/aromatic N) is 2. The molecule has 0 bridgehead atoms. The number of ether oxygens (including phenoxy) is 1. The summed E-state index contributed by atoms with van der Waals surface area (Å²) >= 11 is 18.1. The van der Waals surface area contributed by atoms with Crippen LogP contribution in [0.25, 0.3) is 0 Å². The van der Waals surface area contributed by atoms with Crippen molar-refractivity contribution >= 4 is 42.4 Å². The van der Waals surface area contributed by atoms with E-state index in [1.165, 1.54) is 51.4 Å². The Balaban J connectivity index is 4.16. The number of halogens is 3. The average molecular weight is 467 g/mol. The highest BCUT2D eigenvalue weighted by Gasteiger charge is 2.40. The predicted octanol–water partition coefficient (Wildman–Crippen LogP) is 6.44. The van der Waals surface area contributed by atoms with Gasteiger partial charge in [0.15, 0.2) is 6.23 Å². The van der Waals surface area contributed by atoms with Gasteiger partial charge in [-0.2, -0.15) is 0 Å². The van der Waals surface area contributed by atoms with Crippen LogP contribution < -0.4 is 5.09 Å². The van der Waals surface area contributed by atoms with Gasteiger partial charge in [-0.05, 0) is 34.6 Å². The van der Waals surface area contributed by atoms with Gasteiger partial charge in [0.1, 0.15) is 0 Å². The van der Waals surface area contributed by atoms with Gasteiger partial charge in [-0.25, -0.2) is 14.4 Å². The fourth-order valence-electron chi connectivity index (χ4n) is 2.74. The molecule has 0 rings (SSSR count). The summed E-state index contributed by atoms with van der Waals surface area (Å²) in [5.74, 6) is 0. The lowest BCUT2D eigenvalue weighted by Gasteiger charge is -2.36. The van der Waals surface area contributed by atoms with Gasteiger partial charge in [0.2, 0.25) is 3.79 Å². The van der Waals surface area contributed by atoms with Crippen molar-refractivity contribution in [1.82, 2.24) is 14.4 Å². The molecule has 0 aliphatic rings. The normalized spacial score (nSPS) is 14.3. The number of rotatable bonds is 16. The summed E-state index contributed by atoms with van der Waals surface area (Å²) in [6, 6.07) is 0. The second-order valence-electron chi connectivity index (χ2n) is 7.34. The SMILES string of the molecule is CCCCCCCCCCCCOC(NP(=O)(N(C)C)N(C)C)C(Cl)(Cl)Cl. The van der Waals surface area contributed by atoms with Gasteiger partial charge in [0.05, 0.1) is 0 Å². The number of nitrogens with one attached hydrogen (secondary N) is 1. The Morgan fingerprint density at radius 2 is 1.26 bits per heavy atom. The summed E-state index contributed by atoms with van der Waals surface area (Å²) in [5, 5.41) is 2.89. The maximum atomic E-state index is 13.1. The molecule has 27 heavy (non-hydrogen) atoms. The highest BCUT2D eigenvalue weighted by atomic mass is 35.6. The van der Waals surface area contributed by atoms with Crippen LogP contribution in [0.1, 0.15) is 71.1 Å². The molecule has 9 heteroatoms. The van der Waals surface area contributed by atoms with E-state index < -0.39 is 17.6 Å². The van der Waals surface area contributed by atoms with Crippen molar-refractivity contribution in [1.29, 1.82) is 0 Å². The van der Waals surface area contributed by atoms with Crippen LogP contribution >= 0.6 is 42.4 Å². The minimum absolute atomic E-state index is 0.461. The first-order valence-electron chi connectivity index (χ1n) is 9.97. The predicted molar refractivity (Wildman–Crippen MR) is 120 cm³/mol. The Morgan fingerprint density at radius 3 is 1.63 bits per heavy atom. The van der Waals surface area contributed by atoms with Crippen molar-refractivity contribution in [2.24, 2.45) is 0 Å². The van der Waals surface area contributed by atoms with Crippen LogP contribution in [-0.2, 0) is 9.30 Å². The maximum absolute atomic E-state index is 13.1. The molecular weight excluding hydrogens is 428 g/mol. The lowest BCUT2D eigenvalue weighted by molar-refractivity contribution is 0.0429.